The number of nitrogens with one attached hydrogen (secondary N) is 2. The standard InChI is InChI=1S/C35H42F3N3O8.C35H40F3N3O8.B.Na.H/c2*1-4-48-32(46)34-15-20(34)11-9-7-5-6-8-10-19(2)31(45)41-18-33(16-24(41)30(44)40-34)17-25(42)26-22-14-21(47-3)12-13-23(22)39-27(28(26)49-33)29(43)35(36,37)38;;;/h9,11-14,19-20,24-25,29,42-43H,4-8,10,15-18H2,1-3H3,(H,40,44);9,11-14,19-20,24,29,43H,4-8,10,15-18H2,1-3H3,(H,40,44);;;/q;;;+1;-1/b2*11-9-;;;/t19-,20+,24-,25?,29?,33-,34+;19-,20+,24-,29?,33-,34+;;;/m00.../s1. The molecule has 535 valence electrons. The third-order valence-corrected chi connectivity index (χ3v) is 20.4. The van der Waals surface area contributed by atoms with E-state index in [9.17, 15) is 75.2 Å². The first kappa shape index (κ1) is 77.1. The van der Waals surface area contributed by atoms with Gasteiger partial charge in [0.1, 0.15) is 57.3 Å². The minimum atomic E-state index is -5.15. The molecule has 4 aromatic rings. The molecule has 8 aliphatic rings. The smallest absolute Gasteiger partial charge is 1.00 e. The van der Waals surface area contributed by atoms with Crippen molar-refractivity contribution in [2.24, 2.45) is 23.7 Å². The number of ether oxygens (including phenoxy) is 6. The minimum absolute atomic E-state index is 0. The predicted molar refractivity (Wildman–Crippen MR) is 345 cm³/mol. The second-order valence-corrected chi connectivity index (χ2v) is 27.3. The van der Waals surface area contributed by atoms with Crippen molar-refractivity contribution in [1.82, 2.24) is 30.4 Å². The van der Waals surface area contributed by atoms with Gasteiger partial charge in [-0.05, 0) is 102 Å². The van der Waals surface area contributed by atoms with Crippen LogP contribution in [0.2, 0.25) is 0 Å². The Morgan fingerprint density at radius 1 is 0.650 bits per heavy atom. The van der Waals surface area contributed by atoms with Crippen molar-refractivity contribution in [2.75, 3.05) is 40.5 Å². The number of aliphatic hydroxyl groups excluding tert-OH is 3. The molecule has 3 unspecified atom stereocenters. The van der Waals surface area contributed by atoms with Gasteiger partial charge in [-0.25, -0.2) is 19.6 Å². The Balaban J connectivity index is 0.000000249. The van der Waals surface area contributed by atoms with Crippen molar-refractivity contribution >= 4 is 71.6 Å². The summed E-state index contributed by atoms with van der Waals surface area (Å²) in [6.45, 7) is 6.54. The third-order valence-electron chi connectivity index (χ3n) is 20.4. The molecule has 2 aliphatic carbocycles. The van der Waals surface area contributed by atoms with Crippen LogP contribution < -0.4 is 59.1 Å². The number of allylic oxidation sites excluding steroid dienone is 2. The molecule has 2 aromatic carbocycles. The van der Waals surface area contributed by atoms with Gasteiger partial charge in [0.25, 0.3) is 0 Å². The number of methoxy groups -OCH3 is 2. The zero-order chi connectivity index (χ0) is 70.6. The Morgan fingerprint density at radius 2 is 1.09 bits per heavy atom. The molecule has 2 saturated heterocycles. The number of fused-ring (bicyclic) bond motifs is 10. The molecule has 5 N–H and O–H groups in total. The Morgan fingerprint density at radius 3 is 1.56 bits per heavy atom. The average molecular weight is 1410 g/mol. The fourth-order valence-corrected chi connectivity index (χ4v) is 15.0. The quantitative estimate of drug-likeness (QED) is 0.0579. The second-order valence-electron chi connectivity index (χ2n) is 27.3. The summed E-state index contributed by atoms with van der Waals surface area (Å²) in [4.78, 5) is 108. The normalized spacial score (nSPS) is 30.4. The molecule has 6 aliphatic heterocycles. The van der Waals surface area contributed by atoms with Gasteiger partial charge in [-0.1, -0.05) is 63.8 Å². The molecular formula is C70H83BF6N6NaO16. The van der Waals surface area contributed by atoms with E-state index in [-0.39, 0.29) is 148 Å². The second kappa shape index (κ2) is 30.1. The Hall–Kier alpha value is -7.05. The monoisotopic (exact) mass is 1410 g/mol. The number of rotatable bonds is 8. The average Bonchev–Trinajstić information content (AvgIpc) is 1.70. The molecule has 2 aromatic heterocycles. The molecule has 4 amide bonds. The topological polar surface area (TPSA) is 292 Å². The molecule has 22 nitrogen and oxygen atoms in total. The number of aromatic nitrogens is 2. The van der Waals surface area contributed by atoms with E-state index in [1.54, 1.807) is 27.7 Å². The summed E-state index contributed by atoms with van der Waals surface area (Å²) in [5.41, 5.74) is -7.62. The zero-order valence-corrected chi connectivity index (χ0v) is 58.9. The van der Waals surface area contributed by atoms with E-state index in [1.165, 1.54) is 60.4 Å². The number of Topliss-reactive ketones (excluding diaryl/α,β-unsaturated/α-hetero) is 1. The van der Waals surface area contributed by atoms with E-state index < -0.39 is 129 Å². The molecule has 8 heterocycles. The van der Waals surface area contributed by atoms with Gasteiger partial charge in [0.2, 0.25) is 23.6 Å². The van der Waals surface area contributed by atoms with Crippen LogP contribution in [0.3, 0.4) is 0 Å². The van der Waals surface area contributed by atoms with E-state index >= 15 is 0 Å². The van der Waals surface area contributed by atoms with Crippen LogP contribution in [-0.4, -0.2) is 172 Å². The molecule has 12 rings (SSSR count). The number of pyridine rings is 2. The van der Waals surface area contributed by atoms with Gasteiger partial charge in [0.05, 0.1) is 69.6 Å². The van der Waals surface area contributed by atoms with Gasteiger partial charge < -0.3 is 65.6 Å². The molecule has 13 atom stereocenters. The number of ketones is 1. The predicted octanol–water partition coefficient (Wildman–Crippen LogP) is 6.06. The summed E-state index contributed by atoms with van der Waals surface area (Å²) < 4.78 is 118. The number of halogens is 6. The van der Waals surface area contributed by atoms with E-state index in [0.29, 0.717) is 37.2 Å². The number of alkyl halides is 6. The molecule has 2 saturated carbocycles. The Bertz CT molecular complexity index is 3890. The van der Waals surface area contributed by atoms with Crippen molar-refractivity contribution < 1.29 is 135 Å². The van der Waals surface area contributed by atoms with Crippen molar-refractivity contribution in [1.29, 1.82) is 0 Å². The van der Waals surface area contributed by atoms with Gasteiger partial charge in [-0.15, -0.1) is 0 Å². The number of nitrogens with zero attached hydrogens (tertiary/aromatic N) is 4. The first-order valence-electron chi connectivity index (χ1n) is 33.5. The van der Waals surface area contributed by atoms with Crippen LogP contribution in [0.5, 0.6) is 23.0 Å². The molecule has 3 radical (unpaired) electrons. The van der Waals surface area contributed by atoms with E-state index in [1.807, 2.05) is 24.3 Å². The molecule has 4 fully saturated rings. The summed E-state index contributed by atoms with van der Waals surface area (Å²) in [5.74, 6) is -5.73. The number of esters is 2. The van der Waals surface area contributed by atoms with Crippen molar-refractivity contribution in [3.8, 4) is 23.0 Å². The first-order valence-corrected chi connectivity index (χ1v) is 33.5. The number of carbonyl (C=O) groups excluding carboxylic acids is 7. The number of aliphatic hydroxyl groups is 3. The van der Waals surface area contributed by atoms with Crippen LogP contribution in [-0.2, 0) is 38.2 Å². The van der Waals surface area contributed by atoms with Crippen LogP contribution in [0, 0.1) is 23.7 Å². The van der Waals surface area contributed by atoms with Gasteiger partial charge in [0.15, 0.2) is 29.5 Å². The SMILES string of the molecule is CCOC(=O)[C@@]12C[C@H]1/C=C\CCCCC[C@H](C)C(=O)N1C[C@@]3(CC(=O)c4c(c(C(O)C(F)(F)F)nc5ccc(OC)cc45)O3)C[C@H]1C(=O)N2.CCOC(=O)[C@@]12C[C@H]1/C=C\CCCCC[C@H](C)C(=O)N1C[C@@]3(CC(O)c4c(c(C(O)C(F)(F)F)nc5ccc(OC)cc45)O3)C[C@H]1C(=O)N2.[B].[H-].[Na+]. The van der Waals surface area contributed by atoms with Crippen LogP contribution in [0.25, 0.3) is 21.8 Å². The van der Waals surface area contributed by atoms with E-state index in [0.717, 1.165) is 51.4 Å². The van der Waals surface area contributed by atoms with Crippen molar-refractivity contribution in [3.63, 3.8) is 0 Å². The molecular weight excluding hydrogens is 1330 g/mol. The Labute approximate surface area is 599 Å². The van der Waals surface area contributed by atoms with Crippen LogP contribution in [0.4, 0.5) is 26.3 Å². The summed E-state index contributed by atoms with van der Waals surface area (Å²) in [6.07, 6.45) is -2.63. The number of benzene rings is 2. The first-order chi connectivity index (χ1) is 46.5. The molecule has 100 heavy (non-hydrogen) atoms. The summed E-state index contributed by atoms with van der Waals surface area (Å²) in [5, 5.41) is 38.8. The fourth-order valence-electron chi connectivity index (χ4n) is 15.0. The number of hydrogen-bond acceptors (Lipinski definition) is 18. The van der Waals surface area contributed by atoms with Crippen LogP contribution in [0.1, 0.15) is 177 Å². The van der Waals surface area contributed by atoms with Crippen molar-refractivity contribution in [2.45, 2.75) is 195 Å². The largest absolute Gasteiger partial charge is 1.00 e. The maximum atomic E-state index is 14.2. The maximum absolute atomic E-state index is 14.2. The number of amides is 4. The Kier molecular flexibility index (Phi) is 23.2. The van der Waals surface area contributed by atoms with Gasteiger partial charge >= 0.3 is 53.8 Å². The molecule has 30 heteroatoms. The minimum Gasteiger partial charge on any atom is -1.00 e. The van der Waals surface area contributed by atoms with Gasteiger partial charge in [0, 0.05) is 67.7 Å². The van der Waals surface area contributed by atoms with Crippen LogP contribution in [0.15, 0.2) is 60.7 Å². The van der Waals surface area contributed by atoms with Gasteiger partial charge in [-0.3, -0.25) is 24.0 Å². The van der Waals surface area contributed by atoms with E-state index in [4.69, 9.17) is 28.4 Å². The molecule has 0 bridgehead atoms. The zero-order valence-electron chi connectivity index (χ0n) is 57.9. The fraction of sp³-hybridized carbons (Fsp3) is 0.586. The van der Waals surface area contributed by atoms with Gasteiger partial charge in [-0.2, -0.15) is 26.3 Å². The van der Waals surface area contributed by atoms with Crippen LogP contribution >= 0.6 is 0 Å². The summed E-state index contributed by atoms with van der Waals surface area (Å²) >= 11 is 0. The third kappa shape index (κ3) is 15.1. The summed E-state index contributed by atoms with van der Waals surface area (Å²) in [7, 11) is 2.81. The maximum Gasteiger partial charge on any atom is 1.00 e. The summed E-state index contributed by atoms with van der Waals surface area (Å²) in [6, 6.07) is 6.37. The number of hydrogen-bond donors (Lipinski definition) is 5. The van der Waals surface area contributed by atoms with Crippen molar-refractivity contribution in [3.05, 3.63) is 83.2 Å². The molecule has 2 spiro atoms. The van der Waals surface area contributed by atoms with E-state index in [2.05, 4.69) is 20.6 Å². The number of carbonyl (C=O) groups is 7.